The topological polar surface area (TPSA) is 69.3 Å². The van der Waals surface area contributed by atoms with Gasteiger partial charge in [-0.2, -0.15) is 0 Å². The maximum atomic E-state index is 12.8. The molecule has 0 aromatic heterocycles. The van der Waals surface area contributed by atoms with Crippen molar-refractivity contribution in [3.05, 3.63) is 59.3 Å². The van der Waals surface area contributed by atoms with Gasteiger partial charge in [0, 0.05) is 6.61 Å². The van der Waals surface area contributed by atoms with Gasteiger partial charge in [0.15, 0.2) is 16.6 Å². The van der Waals surface area contributed by atoms with Crippen LogP contribution < -0.4 is 19.5 Å². The lowest BCUT2D eigenvalue weighted by Crippen LogP contribution is -2.37. The Morgan fingerprint density at radius 2 is 1.85 bits per heavy atom. The van der Waals surface area contributed by atoms with Gasteiger partial charge in [-0.15, -0.1) is 0 Å². The van der Waals surface area contributed by atoms with Crippen LogP contribution in [-0.4, -0.2) is 48.4 Å². The molecule has 0 radical (unpaired) electrons. The minimum atomic E-state index is -0.124. The maximum Gasteiger partial charge on any atom is 0.276 e. The van der Waals surface area contributed by atoms with Gasteiger partial charge in [-0.05, 0) is 80.4 Å². The molecule has 0 aliphatic carbocycles. The summed E-state index contributed by atoms with van der Waals surface area (Å²) >= 11 is 5.36. The minimum absolute atomic E-state index is 0.0551. The Labute approximate surface area is 205 Å². The molecule has 2 aliphatic rings. The van der Waals surface area contributed by atoms with Crippen molar-refractivity contribution >= 4 is 29.3 Å². The normalized spacial score (nSPS) is 18.9. The van der Waals surface area contributed by atoms with Crippen molar-refractivity contribution < 1.29 is 23.7 Å². The number of thiocarbonyl (C=S) groups is 1. The summed E-state index contributed by atoms with van der Waals surface area (Å²) in [4.78, 5) is 14.4. The fourth-order valence-electron chi connectivity index (χ4n) is 3.91. The average Bonchev–Trinajstić information content (AvgIpc) is 3.44. The van der Waals surface area contributed by atoms with Gasteiger partial charge in [-0.3, -0.25) is 9.69 Å². The molecule has 1 amide bonds. The number of hydrogen-bond donors (Lipinski definition) is 1. The first-order chi connectivity index (χ1) is 16.6. The monoisotopic (exact) mass is 482 g/mol. The largest absolute Gasteiger partial charge is 0.490 e. The van der Waals surface area contributed by atoms with E-state index in [-0.39, 0.29) is 12.0 Å². The van der Waals surface area contributed by atoms with Crippen LogP contribution in [0.15, 0.2) is 48.2 Å². The van der Waals surface area contributed by atoms with Gasteiger partial charge in [-0.25, -0.2) is 0 Å². The number of hydrogen-bond acceptors (Lipinski definition) is 6. The highest BCUT2D eigenvalue weighted by Gasteiger charge is 2.33. The van der Waals surface area contributed by atoms with Crippen molar-refractivity contribution in [1.82, 2.24) is 10.2 Å². The van der Waals surface area contributed by atoms with Crippen LogP contribution in [0, 0.1) is 0 Å². The van der Waals surface area contributed by atoms with Crippen LogP contribution in [0.5, 0.6) is 17.2 Å². The standard InChI is InChI=1S/C26H30N2O5S/c1-3-30-23-12-9-19(15-24(23)31-4-2)17-33-20-10-7-18(8-11-20)14-22-25(29)28(26(34)27-22)16-21-6-5-13-32-21/h7-12,14-15,21H,3-6,13,16-17H2,1-2H3,(H,27,34)/b22-14+. The molecule has 2 aromatic rings. The van der Waals surface area contributed by atoms with E-state index < -0.39 is 0 Å². The molecular formula is C26H30N2O5S. The fourth-order valence-corrected chi connectivity index (χ4v) is 4.18. The second kappa shape index (κ2) is 11.4. The Bertz CT molecular complexity index is 1050. The number of carbonyl (C=O) groups is 1. The third-order valence-electron chi connectivity index (χ3n) is 5.58. The number of carbonyl (C=O) groups excluding carboxylic acids is 1. The lowest BCUT2D eigenvalue weighted by Gasteiger charge is -2.18. The zero-order valence-corrected chi connectivity index (χ0v) is 20.4. The quantitative estimate of drug-likeness (QED) is 0.400. The zero-order valence-electron chi connectivity index (χ0n) is 19.5. The van der Waals surface area contributed by atoms with Crippen LogP contribution in [-0.2, 0) is 16.1 Å². The summed E-state index contributed by atoms with van der Waals surface area (Å²) in [5.41, 5.74) is 2.33. The second-order valence-electron chi connectivity index (χ2n) is 8.04. The highest BCUT2D eigenvalue weighted by Crippen LogP contribution is 2.29. The van der Waals surface area contributed by atoms with Gasteiger partial charge in [0.1, 0.15) is 18.1 Å². The van der Waals surface area contributed by atoms with Crippen molar-refractivity contribution in [1.29, 1.82) is 0 Å². The van der Waals surface area contributed by atoms with Crippen molar-refractivity contribution in [2.24, 2.45) is 0 Å². The molecule has 2 fully saturated rings. The van der Waals surface area contributed by atoms with Crippen LogP contribution in [0.2, 0.25) is 0 Å². The van der Waals surface area contributed by atoms with E-state index in [1.165, 1.54) is 0 Å². The molecule has 1 unspecified atom stereocenters. The number of ether oxygens (including phenoxy) is 4. The van der Waals surface area contributed by atoms with E-state index in [1.807, 2.05) is 56.3 Å². The summed E-state index contributed by atoms with van der Waals surface area (Å²) in [6.07, 6.45) is 3.83. The van der Waals surface area contributed by atoms with Crippen molar-refractivity contribution in [2.45, 2.75) is 39.4 Å². The third-order valence-corrected chi connectivity index (χ3v) is 5.90. The van der Waals surface area contributed by atoms with E-state index >= 15 is 0 Å². The Morgan fingerprint density at radius 3 is 2.56 bits per heavy atom. The van der Waals surface area contributed by atoms with Crippen LogP contribution in [0.1, 0.15) is 37.8 Å². The van der Waals surface area contributed by atoms with E-state index in [1.54, 1.807) is 11.0 Å². The molecule has 7 nitrogen and oxygen atoms in total. The van der Waals surface area contributed by atoms with E-state index in [0.29, 0.717) is 42.9 Å². The molecule has 8 heteroatoms. The Hall–Kier alpha value is -3.10. The molecule has 2 heterocycles. The molecule has 34 heavy (non-hydrogen) atoms. The summed E-state index contributed by atoms with van der Waals surface area (Å²) in [5.74, 6) is 2.05. The molecule has 4 rings (SSSR count). The van der Waals surface area contributed by atoms with Gasteiger partial charge >= 0.3 is 0 Å². The number of nitrogens with one attached hydrogen (secondary N) is 1. The lowest BCUT2D eigenvalue weighted by atomic mass is 10.1. The molecular weight excluding hydrogens is 452 g/mol. The first-order valence-electron chi connectivity index (χ1n) is 11.6. The molecule has 2 aliphatic heterocycles. The molecule has 0 saturated carbocycles. The van der Waals surface area contributed by atoms with Crippen molar-refractivity contribution in [3.8, 4) is 17.2 Å². The predicted molar refractivity (Wildman–Crippen MR) is 134 cm³/mol. The lowest BCUT2D eigenvalue weighted by molar-refractivity contribution is -0.123. The summed E-state index contributed by atoms with van der Waals surface area (Å²) in [7, 11) is 0. The molecule has 0 spiro atoms. The van der Waals surface area contributed by atoms with Crippen LogP contribution >= 0.6 is 12.2 Å². The number of amides is 1. The average molecular weight is 483 g/mol. The Morgan fingerprint density at radius 1 is 1.09 bits per heavy atom. The smallest absolute Gasteiger partial charge is 0.276 e. The number of benzene rings is 2. The van der Waals surface area contributed by atoms with Crippen molar-refractivity contribution in [2.75, 3.05) is 26.4 Å². The van der Waals surface area contributed by atoms with Crippen molar-refractivity contribution in [3.63, 3.8) is 0 Å². The van der Waals surface area contributed by atoms with Crippen LogP contribution in [0.3, 0.4) is 0 Å². The van der Waals surface area contributed by atoms with E-state index in [2.05, 4.69) is 5.32 Å². The summed E-state index contributed by atoms with van der Waals surface area (Å²) < 4.78 is 22.9. The van der Waals surface area contributed by atoms with Crippen LogP contribution in [0.25, 0.3) is 6.08 Å². The molecule has 180 valence electrons. The molecule has 1 N–H and O–H groups in total. The van der Waals surface area contributed by atoms with E-state index in [9.17, 15) is 4.79 Å². The van der Waals surface area contributed by atoms with E-state index in [4.69, 9.17) is 31.2 Å². The molecule has 1 atom stereocenters. The SMILES string of the molecule is CCOc1ccc(COc2ccc(/C=C3/NC(=S)N(CC4CCCO4)C3=O)cc2)cc1OCC. The van der Waals surface area contributed by atoms with Crippen LogP contribution in [0.4, 0.5) is 0 Å². The van der Waals surface area contributed by atoms with Gasteiger partial charge in [0.05, 0.1) is 25.9 Å². The van der Waals surface area contributed by atoms with E-state index in [0.717, 1.165) is 42.1 Å². The molecule has 2 aromatic carbocycles. The second-order valence-corrected chi connectivity index (χ2v) is 8.43. The Kier molecular flexibility index (Phi) is 8.03. The van der Waals surface area contributed by atoms with Gasteiger partial charge in [0.2, 0.25) is 0 Å². The van der Waals surface area contributed by atoms with Gasteiger partial charge in [-0.1, -0.05) is 18.2 Å². The van der Waals surface area contributed by atoms with Gasteiger partial charge < -0.3 is 24.3 Å². The summed E-state index contributed by atoms with van der Waals surface area (Å²) in [5, 5.41) is 3.45. The predicted octanol–water partition coefficient (Wildman–Crippen LogP) is 4.30. The molecule has 2 saturated heterocycles. The summed E-state index contributed by atoms with van der Waals surface area (Å²) in [6.45, 7) is 6.68. The number of rotatable bonds is 10. The highest BCUT2D eigenvalue weighted by molar-refractivity contribution is 7.80. The number of nitrogens with zero attached hydrogens (tertiary/aromatic N) is 1. The first kappa shape index (κ1) is 24.0. The zero-order chi connectivity index (χ0) is 23.9. The third kappa shape index (κ3) is 5.87. The maximum absolute atomic E-state index is 12.8. The highest BCUT2D eigenvalue weighted by atomic mass is 32.1. The summed E-state index contributed by atoms with van der Waals surface area (Å²) in [6, 6.07) is 13.4. The first-order valence-corrected chi connectivity index (χ1v) is 12.1. The fraction of sp³-hybridized carbons (Fsp3) is 0.385. The minimum Gasteiger partial charge on any atom is -0.490 e. The van der Waals surface area contributed by atoms with Gasteiger partial charge in [0.25, 0.3) is 5.91 Å². The Balaban J connectivity index is 1.36. The molecule has 0 bridgehead atoms.